The van der Waals surface area contributed by atoms with Gasteiger partial charge >= 0.3 is 0 Å². The summed E-state index contributed by atoms with van der Waals surface area (Å²) in [5, 5.41) is 0. The van der Waals surface area contributed by atoms with Crippen LogP contribution >= 0.6 is 12.4 Å². The first-order valence-electron chi connectivity index (χ1n) is 7.63. The number of ether oxygens (including phenoxy) is 1. The summed E-state index contributed by atoms with van der Waals surface area (Å²) in [6.07, 6.45) is 8.18. The molecule has 0 saturated carbocycles. The predicted octanol–water partition coefficient (Wildman–Crippen LogP) is 4.14. The molecule has 0 amide bonds. The van der Waals surface area contributed by atoms with Crippen molar-refractivity contribution >= 4 is 18.5 Å². The zero-order valence-corrected chi connectivity index (χ0v) is 14.6. The standard InChI is InChI=1S/C19H22N2O.ClH/c1-21(2)19(16-7-5-11-20-13-16)15-9-10-17-14(12-15)6-4-8-18(17)22-3;/h4-8,11-13,19H,9-10H2,1-3H3;1H. The van der Waals surface area contributed by atoms with Crippen molar-refractivity contribution in [3.8, 4) is 5.75 Å². The molecule has 0 radical (unpaired) electrons. The summed E-state index contributed by atoms with van der Waals surface area (Å²) in [6, 6.07) is 10.7. The van der Waals surface area contributed by atoms with Gasteiger partial charge in [-0.05, 0) is 55.8 Å². The van der Waals surface area contributed by atoms with Crippen LogP contribution in [0.15, 0.2) is 48.3 Å². The smallest absolute Gasteiger partial charge is 0.122 e. The number of rotatable bonds is 4. The molecule has 1 aliphatic rings. The van der Waals surface area contributed by atoms with Gasteiger partial charge in [0.1, 0.15) is 5.75 Å². The largest absolute Gasteiger partial charge is 0.496 e. The quantitative estimate of drug-likeness (QED) is 0.842. The lowest BCUT2D eigenvalue weighted by Gasteiger charge is -2.30. The van der Waals surface area contributed by atoms with E-state index in [1.807, 2.05) is 24.5 Å². The van der Waals surface area contributed by atoms with Crippen LogP contribution in [0.5, 0.6) is 5.75 Å². The minimum atomic E-state index is 0. The second-order valence-electron chi connectivity index (χ2n) is 5.90. The number of nitrogens with zero attached hydrogens (tertiary/aromatic N) is 2. The monoisotopic (exact) mass is 330 g/mol. The first-order valence-corrected chi connectivity index (χ1v) is 7.63. The van der Waals surface area contributed by atoms with E-state index in [0.717, 1.165) is 18.6 Å². The second-order valence-corrected chi connectivity index (χ2v) is 5.90. The Morgan fingerprint density at radius 2 is 1.96 bits per heavy atom. The summed E-state index contributed by atoms with van der Waals surface area (Å²) < 4.78 is 5.49. The van der Waals surface area contributed by atoms with E-state index in [-0.39, 0.29) is 18.4 Å². The molecule has 23 heavy (non-hydrogen) atoms. The molecule has 122 valence electrons. The van der Waals surface area contributed by atoms with Crippen LogP contribution in [0.4, 0.5) is 0 Å². The molecule has 1 aromatic heterocycles. The third-order valence-corrected chi connectivity index (χ3v) is 4.26. The number of hydrogen-bond acceptors (Lipinski definition) is 3. The maximum absolute atomic E-state index is 5.49. The summed E-state index contributed by atoms with van der Waals surface area (Å²) >= 11 is 0. The molecule has 2 aromatic rings. The zero-order valence-electron chi connectivity index (χ0n) is 13.8. The summed E-state index contributed by atoms with van der Waals surface area (Å²) in [6.45, 7) is 0. The van der Waals surface area contributed by atoms with Crippen LogP contribution in [-0.2, 0) is 6.42 Å². The minimum absolute atomic E-state index is 0. The molecule has 1 heterocycles. The Balaban J connectivity index is 0.00000192. The van der Waals surface area contributed by atoms with Gasteiger partial charge in [-0.15, -0.1) is 12.4 Å². The fourth-order valence-electron chi connectivity index (χ4n) is 3.32. The van der Waals surface area contributed by atoms with Crippen molar-refractivity contribution in [1.82, 2.24) is 9.88 Å². The second kappa shape index (κ2) is 7.62. The topological polar surface area (TPSA) is 25.4 Å². The van der Waals surface area contributed by atoms with Crippen molar-refractivity contribution in [2.75, 3.05) is 21.2 Å². The van der Waals surface area contributed by atoms with Crippen molar-refractivity contribution in [2.45, 2.75) is 18.9 Å². The first kappa shape index (κ1) is 17.5. The summed E-state index contributed by atoms with van der Waals surface area (Å²) in [5.74, 6) is 0.996. The van der Waals surface area contributed by atoms with Gasteiger partial charge in [0, 0.05) is 18.0 Å². The lowest BCUT2D eigenvalue weighted by molar-refractivity contribution is 0.331. The van der Waals surface area contributed by atoms with Gasteiger partial charge in [-0.3, -0.25) is 9.88 Å². The zero-order chi connectivity index (χ0) is 15.5. The Hall–Kier alpha value is -1.84. The SMILES string of the molecule is COc1cccc2c1CCC(C(c1cccnc1)N(C)C)=C2.Cl. The van der Waals surface area contributed by atoms with Gasteiger partial charge in [0.2, 0.25) is 0 Å². The molecule has 1 atom stereocenters. The molecule has 3 nitrogen and oxygen atoms in total. The first-order chi connectivity index (χ1) is 10.7. The molecule has 0 bridgehead atoms. The Kier molecular flexibility index (Phi) is 5.80. The van der Waals surface area contributed by atoms with E-state index in [9.17, 15) is 0 Å². The van der Waals surface area contributed by atoms with E-state index in [4.69, 9.17) is 4.74 Å². The van der Waals surface area contributed by atoms with Crippen LogP contribution in [-0.4, -0.2) is 31.1 Å². The third-order valence-electron chi connectivity index (χ3n) is 4.26. The maximum Gasteiger partial charge on any atom is 0.122 e. The van der Waals surface area contributed by atoms with Crippen molar-refractivity contribution < 1.29 is 4.74 Å². The number of benzene rings is 1. The van der Waals surface area contributed by atoms with Crippen LogP contribution in [0.1, 0.15) is 29.2 Å². The van der Waals surface area contributed by atoms with Gasteiger partial charge in [-0.2, -0.15) is 0 Å². The number of pyridine rings is 1. The maximum atomic E-state index is 5.49. The number of methoxy groups -OCH3 is 1. The van der Waals surface area contributed by atoms with Crippen LogP contribution in [0.2, 0.25) is 0 Å². The van der Waals surface area contributed by atoms with Crippen LogP contribution in [0, 0.1) is 0 Å². The Morgan fingerprint density at radius 3 is 2.61 bits per heavy atom. The van der Waals surface area contributed by atoms with E-state index >= 15 is 0 Å². The number of halogens is 1. The lowest BCUT2D eigenvalue weighted by atomic mass is 9.86. The van der Waals surface area contributed by atoms with Gasteiger partial charge < -0.3 is 4.74 Å². The molecule has 4 heteroatoms. The number of fused-ring (bicyclic) bond motifs is 1. The molecule has 1 unspecified atom stereocenters. The number of likely N-dealkylation sites (N-methyl/N-ethyl adjacent to an activating group) is 1. The molecule has 0 fully saturated rings. The van der Waals surface area contributed by atoms with E-state index in [1.165, 1.54) is 22.3 Å². The van der Waals surface area contributed by atoms with E-state index in [1.54, 1.807) is 7.11 Å². The average molecular weight is 331 g/mol. The van der Waals surface area contributed by atoms with Gasteiger partial charge in [0.15, 0.2) is 0 Å². The highest BCUT2D eigenvalue weighted by Crippen LogP contribution is 2.37. The Labute approximate surface area is 144 Å². The average Bonchev–Trinajstić information content (AvgIpc) is 2.55. The molecule has 3 rings (SSSR count). The highest BCUT2D eigenvalue weighted by atomic mass is 35.5. The van der Waals surface area contributed by atoms with Gasteiger partial charge in [-0.1, -0.05) is 24.3 Å². The van der Waals surface area contributed by atoms with Gasteiger partial charge in [0.25, 0.3) is 0 Å². The van der Waals surface area contributed by atoms with Crippen molar-refractivity contribution in [1.29, 1.82) is 0 Å². The molecule has 0 N–H and O–H groups in total. The highest BCUT2D eigenvalue weighted by Gasteiger charge is 2.23. The minimum Gasteiger partial charge on any atom is -0.496 e. The fourth-order valence-corrected chi connectivity index (χ4v) is 3.32. The molecule has 0 spiro atoms. The van der Waals surface area contributed by atoms with Crippen LogP contribution < -0.4 is 4.74 Å². The normalized spacial score (nSPS) is 14.5. The van der Waals surface area contributed by atoms with E-state index in [0.29, 0.717) is 0 Å². The number of hydrogen-bond donors (Lipinski definition) is 0. The highest BCUT2D eigenvalue weighted by molar-refractivity contribution is 5.85. The van der Waals surface area contributed by atoms with Crippen LogP contribution in [0.3, 0.4) is 0 Å². The van der Waals surface area contributed by atoms with E-state index in [2.05, 4.69) is 48.3 Å². The van der Waals surface area contributed by atoms with Crippen molar-refractivity contribution in [3.05, 3.63) is 65.0 Å². The Morgan fingerprint density at radius 1 is 1.13 bits per heavy atom. The van der Waals surface area contributed by atoms with Gasteiger partial charge in [0.05, 0.1) is 13.2 Å². The predicted molar refractivity (Wildman–Crippen MR) is 97.2 cm³/mol. The summed E-state index contributed by atoms with van der Waals surface area (Å²) in [7, 11) is 5.99. The third kappa shape index (κ3) is 3.57. The fraction of sp³-hybridized carbons (Fsp3) is 0.316. The van der Waals surface area contributed by atoms with Crippen molar-refractivity contribution in [2.24, 2.45) is 0 Å². The molecule has 1 aliphatic carbocycles. The summed E-state index contributed by atoms with van der Waals surface area (Å²) in [4.78, 5) is 6.54. The van der Waals surface area contributed by atoms with Crippen molar-refractivity contribution in [3.63, 3.8) is 0 Å². The van der Waals surface area contributed by atoms with Crippen LogP contribution in [0.25, 0.3) is 6.08 Å². The van der Waals surface area contributed by atoms with Gasteiger partial charge in [-0.25, -0.2) is 0 Å². The van der Waals surface area contributed by atoms with E-state index < -0.39 is 0 Å². The molecule has 1 aromatic carbocycles. The molecule has 0 saturated heterocycles. The molecular weight excluding hydrogens is 308 g/mol. The molecular formula is C19H23ClN2O. The summed E-state index contributed by atoms with van der Waals surface area (Å²) in [5.41, 5.74) is 5.26. The Bertz CT molecular complexity index is 683. The number of aromatic nitrogens is 1. The molecule has 0 aliphatic heterocycles. The lowest BCUT2D eigenvalue weighted by Crippen LogP contribution is -2.23.